The topological polar surface area (TPSA) is 57.5 Å². The maximum Gasteiger partial charge on any atom is 0.387 e. The van der Waals surface area contributed by atoms with Crippen LogP contribution in [0.4, 0.5) is 14.7 Å². The summed E-state index contributed by atoms with van der Waals surface area (Å²) in [5, 5.41) is 3.56. The van der Waals surface area contributed by atoms with Gasteiger partial charge in [-0.05, 0) is 54.6 Å². The normalized spacial score (nSPS) is 15.0. The molecule has 1 aliphatic heterocycles. The number of nitrogens with one attached hydrogen (secondary N) is 1. The molecule has 0 radical (unpaired) electrons. The van der Waals surface area contributed by atoms with Crippen molar-refractivity contribution in [1.82, 2.24) is 9.55 Å². The van der Waals surface area contributed by atoms with Crippen LogP contribution in [0.5, 0.6) is 17.2 Å². The van der Waals surface area contributed by atoms with Crippen molar-refractivity contribution in [3.05, 3.63) is 82.9 Å². The predicted molar refractivity (Wildman–Crippen MR) is 127 cm³/mol. The van der Waals surface area contributed by atoms with E-state index in [1.807, 2.05) is 53.1 Å². The Labute approximate surface area is 199 Å². The van der Waals surface area contributed by atoms with E-state index in [2.05, 4.69) is 5.32 Å². The standard InChI is InChI=1S/C25H20ClF2N3O3/c1-32-15-8-10-22(33-2)17(12-15)21-13-19(16-9-7-14(26)11-23(16)34-24(27)28)30-25-29-18-5-3-4-6-20(18)31(21)25/h3-13,21,24H,1-2H3,(H,29,30). The lowest BCUT2D eigenvalue weighted by molar-refractivity contribution is -0.0500. The largest absolute Gasteiger partial charge is 0.497 e. The summed E-state index contributed by atoms with van der Waals surface area (Å²) in [7, 11) is 3.19. The van der Waals surface area contributed by atoms with Crippen molar-refractivity contribution in [2.75, 3.05) is 19.5 Å². The molecule has 5 rings (SSSR count). The van der Waals surface area contributed by atoms with Crippen LogP contribution in [-0.2, 0) is 0 Å². The molecular formula is C25H20ClF2N3O3. The van der Waals surface area contributed by atoms with Gasteiger partial charge in [0, 0.05) is 16.1 Å². The number of rotatable bonds is 6. The minimum atomic E-state index is -3.00. The van der Waals surface area contributed by atoms with Gasteiger partial charge in [-0.15, -0.1) is 0 Å². The van der Waals surface area contributed by atoms with Crippen LogP contribution in [0.25, 0.3) is 16.7 Å². The van der Waals surface area contributed by atoms with Gasteiger partial charge < -0.3 is 19.5 Å². The van der Waals surface area contributed by atoms with E-state index < -0.39 is 12.7 Å². The van der Waals surface area contributed by atoms with Gasteiger partial charge in [0.05, 0.1) is 37.0 Å². The van der Waals surface area contributed by atoms with Gasteiger partial charge in [0.15, 0.2) is 0 Å². The van der Waals surface area contributed by atoms with Gasteiger partial charge in [-0.25, -0.2) is 4.98 Å². The zero-order valence-electron chi connectivity index (χ0n) is 18.3. The molecule has 34 heavy (non-hydrogen) atoms. The summed E-state index contributed by atoms with van der Waals surface area (Å²) in [6, 6.07) is 17.5. The summed E-state index contributed by atoms with van der Waals surface area (Å²) in [4.78, 5) is 4.73. The predicted octanol–water partition coefficient (Wildman–Crippen LogP) is 6.36. The fraction of sp³-hybridized carbons (Fsp3) is 0.160. The number of nitrogens with zero attached hydrogens (tertiary/aromatic N) is 2. The number of alkyl halides is 2. The molecule has 1 atom stereocenters. The Morgan fingerprint density at radius 2 is 1.82 bits per heavy atom. The molecule has 0 amide bonds. The van der Waals surface area contributed by atoms with Gasteiger partial charge in [0.25, 0.3) is 0 Å². The van der Waals surface area contributed by atoms with Crippen molar-refractivity contribution in [2.45, 2.75) is 12.7 Å². The first-order chi connectivity index (χ1) is 16.5. The van der Waals surface area contributed by atoms with Gasteiger partial charge >= 0.3 is 6.61 Å². The van der Waals surface area contributed by atoms with E-state index >= 15 is 0 Å². The van der Waals surface area contributed by atoms with E-state index in [1.165, 1.54) is 6.07 Å². The van der Waals surface area contributed by atoms with Gasteiger partial charge in [0.1, 0.15) is 17.2 Å². The molecule has 0 fully saturated rings. The van der Waals surface area contributed by atoms with E-state index in [0.29, 0.717) is 28.7 Å². The number of hydrogen-bond acceptors (Lipinski definition) is 5. The van der Waals surface area contributed by atoms with Crippen molar-refractivity contribution >= 4 is 34.3 Å². The molecule has 1 N–H and O–H groups in total. The Bertz CT molecular complexity index is 1400. The average Bonchev–Trinajstić information content (AvgIpc) is 3.21. The fourth-order valence-electron chi connectivity index (χ4n) is 4.18. The molecule has 2 heterocycles. The molecule has 0 saturated heterocycles. The van der Waals surface area contributed by atoms with Crippen molar-refractivity contribution in [1.29, 1.82) is 0 Å². The smallest absolute Gasteiger partial charge is 0.387 e. The SMILES string of the molecule is COc1ccc(OC)c(C2C=C(c3ccc(Cl)cc3OC(F)F)Nc3nc4ccccc4n32)c1. The number of benzene rings is 3. The third-order valence-corrected chi connectivity index (χ3v) is 5.89. The minimum absolute atomic E-state index is 0.0397. The Balaban J connectivity index is 1.74. The number of imidazole rings is 1. The Morgan fingerprint density at radius 1 is 1.00 bits per heavy atom. The van der Waals surface area contributed by atoms with Crippen molar-refractivity contribution in [2.24, 2.45) is 0 Å². The number of anilines is 1. The molecule has 0 saturated carbocycles. The highest BCUT2D eigenvalue weighted by Gasteiger charge is 2.29. The third kappa shape index (κ3) is 3.90. The summed E-state index contributed by atoms with van der Waals surface area (Å²) in [6.07, 6.45) is 1.92. The quantitative estimate of drug-likeness (QED) is 0.345. The molecule has 1 aliphatic rings. The number of methoxy groups -OCH3 is 2. The average molecular weight is 484 g/mol. The van der Waals surface area contributed by atoms with Gasteiger partial charge in [-0.1, -0.05) is 23.7 Å². The number of ether oxygens (including phenoxy) is 3. The number of halogens is 3. The van der Waals surface area contributed by atoms with E-state index in [4.69, 9.17) is 30.8 Å². The highest BCUT2D eigenvalue weighted by Crippen LogP contribution is 2.42. The van der Waals surface area contributed by atoms with Crippen LogP contribution in [0.15, 0.2) is 66.7 Å². The van der Waals surface area contributed by atoms with E-state index in [0.717, 1.165) is 16.6 Å². The van der Waals surface area contributed by atoms with Crippen LogP contribution in [0.3, 0.4) is 0 Å². The zero-order chi connectivity index (χ0) is 23.8. The van der Waals surface area contributed by atoms with Crippen LogP contribution in [-0.4, -0.2) is 30.4 Å². The molecule has 1 aromatic heterocycles. The molecule has 0 aliphatic carbocycles. The highest BCUT2D eigenvalue weighted by molar-refractivity contribution is 6.30. The molecule has 9 heteroatoms. The summed E-state index contributed by atoms with van der Waals surface area (Å²) >= 11 is 6.06. The number of para-hydroxylation sites is 2. The van der Waals surface area contributed by atoms with Crippen LogP contribution < -0.4 is 19.5 Å². The Morgan fingerprint density at radius 3 is 2.59 bits per heavy atom. The molecule has 1 unspecified atom stereocenters. The monoisotopic (exact) mass is 483 g/mol. The lowest BCUT2D eigenvalue weighted by atomic mass is 9.99. The first-order valence-electron chi connectivity index (χ1n) is 10.4. The summed E-state index contributed by atoms with van der Waals surface area (Å²) in [6.45, 7) is -3.00. The molecule has 174 valence electrons. The highest BCUT2D eigenvalue weighted by atomic mass is 35.5. The Kier molecular flexibility index (Phi) is 5.75. The van der Waals surface area contributed by atoms with Crippen LogP contribution >= 0.6 is 11.6 Å². The summed E-state index contributed by atoms with van der Waals surface area (Å²) < 4.78 is 44.2. The van der Waals surface area contributed by atoms with Crippen molar-refractivity contribution < 1.29 is 23.0 Å². The van der Waals surface area contributed by atoms with E-state index in [-0.39, 0.29) is 10.8 Å². The van der Waals surface area contributed by atoms with E-state index in [9.17, 15) is 8.78 Å². The molecule has 0 spiro atoms. The first kappa shape index (κ1) is 22.0. The lowest BCUT2D eigenvalue weighted by Crippen LogP contribution is -2.20. The fourth-order valence-corrected chi connectivity index (χ4v) is 4.34. The van der Waals surface area contributed by atoms with E-state index in [1.54, 1.807) is 26.4 Å². The first-order valence-corrected chi connectivity index (χ1v) is 10.8. The van der Waals surface area contributed by atoms with Crippen molar-refractivity contribution in [3.8, 4) is 17.2 Å². The second-order valence-electron chi connectivity index (χ2n) is 7.57. The maximum atomic E-state index is 13.1. The number of fused-ring (bicyclic) bond motifs is 3. The number of allylic oxidation sites excluding steroid dienone is 1. The number of aromatic nitrogens is 2. The number of hydrogen-bond donors (Lipinski definition) is 1. The maximum absolute atomic E-state index is 13.1. The van der Waals surface area contributed by atoms with Gasteiger partial charge in [-0.3, -0.25) is 4.57 Å². The molecule has 6 nitrogen and oxygen atoms in total. The molecular weight excluding hydrogens is 464 g/mol. The second kappa shape index (κ2) is 8.87. The van der Waals surface area contributed by atoms with Crippen molar-refractivity contribution in [3.63, 3.8) is 0 Å². The minimum Gasteiger partial charge on any atom is -0.497 e. The van der Waals surface area contributed by atoms with Crippen LogP contribution in [0.1, 0.15) is 17.2 Å². The summed E-state index contributed by atoms with van der Waals surface area (Å²) in [5.74, 6) is 1.81. The van der Waals surface area contributed by atoms with Crippen LogP contribution in [0, 0.1) is 0 Å². The molecule has 4 aromatic rings. The molecule has 3 aromatic carbocycles. The van der Waals surface area contributed by atoms with Gasteiger partial charge in [-0.2, -0.15) is 8.78 Å². The van der Waals surface area contributed by atoms with Gasteiger partial charge in [0.2, 0.25) is 5.95 Å². The van der Waals surface area contributed by atoms with Crippen LogP contribution in [0.2, 0.25) is 5.02 Å². The zero-order valence-corrected chi connectivity index (χ0v) is 19.0. The lowest BCUT2D eigenvalue weighted by Gasteiger charge is -2.28. The second-order valence-corrected chi connectivity index (χ2v) is 8.01. The third-order valence-electron chi connectivity index (χ3n) is 5.65. The Hall–Kier alpha value is -3.78. The summed E-state index contributed by atoms with van der Waals surface area (Å²) in [5.41, 5.74) is 3.47. The molecule has 0 bridgehead atoms.